The van der Waals surface area contributed by atoms with E-state index in [-0.39, 0.29) is 0 Å². The van der Waals surface area contributed by atoms with E-state index in [9.17, 15) is 0 Å². The maximum absolute atomic E-state index is 2.00. The molecule has 0 aliphatic heterocycles. The molecule has 0 heteroatoms. The van der Waals surface area contributed by atoms with E-state index in [0.29, 0.717) is 0 Å². The second-order valence-electron chi connectivity index (χ2n) is 1.15. The van der Waals surface area contributed by atoms with Crippen molar-refractivity contribution in [1.29, 1.82) is 0 Å². The molecular weight excluding hydrogens is 78.0 g/mol. The third kappa shape index (κ3) is 0.582. The highest BCUT2D eigenvalue weighted by molar-refractivity contribution is 4.99. The van der Waals surface area contributed by atoms with Gasteiger partial charge in [-0.1, -0.05) is 36.4 Å². The van der Waals surface area contributed by atoms with Crippen LogP contribution in [-0.4, -0.2) is 0 Å². The standard InChI is InChI=1S/C6H6/c1-2-4-6-5-3-1/h1-6H/i1+1,2+1,3+1,4+1,5+1,6+1. The highest BCUT2D eigenvalue weighted by Gasteiger charge is 1.57. The summed E-state index contributed by atoms with van der Waals surface area (Å²) in [5, 5.41) is 0. The van der Waals surface area contributed by atoms with Crippen molar-refractivity contribution in [3.63, 3.8) is 0 Å². The zero-order chi connectivity index (χ0) is 4.24. The molecule has 0 bridgehead atoms. The minimum atomic E-state index is 2.00. The van der Waals surface area contributed by atoms with Gasteiger partial charge < -0.3 is 0 Å². The fourth-order valence-electron chi connectivity index (χ4n) is 0.385. The summed E-state index contributed by atoms with van der Waals surface area (Å²) in [5.41, 5.74) is 0. The van der Waals surface area contributed by atoms with Gasteiger partial charge >= 0.3 is 0 Å². The highest BCUT2D eigenvalue weighted by atomic mass is 14.6. The number of rotatable bonds is 0. The van der Waals surface area contributed by atoms with E-state index in [1.54, 1.807) is 0 Å². The van der Waals surface area contributed by atoms with E-state index in [0.717, 1.165) is 0 Å². The predicted molar refractivity (Wildman–Crippen MR) is 26.4 cm³/mol. The number of hydrogen-bond donors (Lipinski definition) is 0. The van der Waals surface area contributed by atoms with Crippen LogP contribution >= 0.6 is 0 Å². The van der Waals surface area contributed by atoms with Crippen LogP contribution < -0.4 is 0 Å². The monoisotopic (exact) mass is 84.1 g/mol. The van der Waals surface area contributed by atoms with Gasteiger partial charge in [0.1, 0.15) is 0 Å². The topological polar surface area (TPSA) is 0 Å². The first-order valence-electron chi connectivity index (χ1n) is 2.00. The first kappa shape index (κ1) is 3.41. The van der Waals surface area contributed by atoms with Crippen molar-refractivity contribution < 1.29 is 0 Å². The molecule has 0 unspecified atom stereocenters. The molecule has 0 heterocycles. The molecule has 1 aromatic carbocycles. The maximum atomic E-state index is 2.00. The van der Waals surface area contributed by atoms with Crippen molar-refractivity contribution in [2.45, 2.75) is 0 Å². The van der Waals surface area contributed by atoms with Gasteiger partial charge in [-0.3, -0.25) is 0 Å². The van der Waals surface area contributed by atoms with Gasteiger partial charge in [-0.05, 0) is 0 Å². The molecule has 0 aliphatic rings. The third-order valence-electron chi connectivity index (χ3n) is 0.667. The Hall–Kier alpha value is -0.780. The molecule has 0 radical (unpaired) electrons. The van der Waals surface area contributed by atoms with Gasteiger partial charge in [-0.2, -0.15) is 0 Å². The first-order valence-corrected chi connectivity index (χ1v) is 2.00. The van der Waals surface area contributed by atoms with E-state index in [4.69, 9.17) is 0 Å². The second kappa shape index (κ2) is 1.61. The summed E-state index contributed by atoms with van der Waals surface area (Å²) in [5.74, 6) is 0. The van der Waals surface area contributed by atoms with E-state index in [1.807, 2.05) is 36.4 Å². The Balaban J connectivity index is 3.00. The molecule has 0 atom stereocenters. The summed E-state index contributed by atoms with van der Waals surface area (Å²) in [6.07, 6.45) is 0. The molecule has 0 spiro atoms. The van der Waals surface area contributed by atoms with E-state index in [1.165, 1.54) is 0 Å². The Morgan fingerprint density at radius 3 is 0.667 bits per heavy atom. The average Bonchev–Trinajstić information content (AvgIpc) is 1.72. The van der Waals surface area contributed by atoms with Gasteiger partial charge in [0, 0.05) is 0 Å². The van der Waals surface area contributed by atoms with Gasteiger partial charge in [-0.25, -0.2) is 0 Å². The fourth-order valence-corrected chi connectivity index (χ4v) is 0.385. The van der Waals surface area contributed by atoms with Crippen molar-refractivity contribution in [2.75, 3.05) is 0 Å². The fraction of sp³-hybridized carbons (Fsp3) is 0. The van der Waals surface area contributed by atoms with Crippen molar-refractivity contribution in [2.24, 2.45) is 0 Å². The summed E-state index contributed by atoms with van der Waals surface area (Å²) < 4.78 is 0. The zero-order valence-corrected chi connectivity index (χ0v) is 3.46. The van der Waals surface area contributed by atoms with E-state index < -0.39 is 0 Å². The van der Waals surface area contributed by atoms with Crippen LogP contribution in [0, 0.1) is 0 Å². The average molecular weight is 84.1 g/mol. The van der Waals surface area contributed by atoms with Crippen LogP contribution in [0.2, 0.25) is 0 Å². The molecule has 0 fully saturated rings. The zero-order valence-electron chi connectivity index (χ0n) is 3.46. The van der Waals surface area contributed by atoms with Crippen LogP contribution in [0.5, 0.6) is 0 Å². The van der Waals surface area contributed by atoms with Gasteiger partial charge in [0.15, 0.2) is 0 Å². The smallest absolute Gasteiger partial charge is 0.0623 e. The van der Waals surface area contributed by atoms with Gasteiger partial charge in [0.25, 0.3) is 0 Å². The van der Waals surface area contributed by atoms with Crippen LogP contribution in [0.3, 0.4) is 0 Å². The summed E-state index contributed by atoms with van der Waals surface area (Å²) in [4.78, 5) is 0. The van der Waals surface area contributed by atoms with Gasteiger partial charge in [-0.15, -0.1) is 0 Å². The maximum Gasteiger partial charge on any atom is -0.0623 e. The minimum Gasteiger partial charge on any atom is -0.0623 e. The van der Waals surface area contributed by atoms with Crippen LogP contribution in [0.1, 0.15) is 0 Å². The Kier molecular flexibility index (Phi) is 0.913. The quantitative estimate of drug-likeness (QED) is 0.448. The first-order chi connectivity index (χ1) is 3.00. The molecule has 1 aromatic rings. The van der Waals surface area contributed by atoms with Crippen LogP contribution in [0.4, 0.5) is 0 Å². The molecule has 6 heavy (non-hydrogen) atoms. The van der Waals surface area contributed by atoms with E-state index in [2.05, 4.69) is 0 Å². The van der Waals surface area contributed by atoms with E-state index >= 15 is 0 Å². The van der Waals surface area contributed by atoms with Crippen LogP contribution in [0.15, 0.2) is 36.4 Å². The Labute approximate surface area is 37.4 Å². The molecule has 0 aromatic heterocycles. The summed E-state index contributed by atoms with van der Waals surface area (Å²) >= 11 is 0. The highest BCUT2D eigenvalue weighted by Crippen LogP contribution is 1.79. The Bertz CT molecular complexity index is 72.0. The normalized spacial score (nSPS) is 8.00. The lowest BCUT2D eigenvalue weighted by Crippen LogP contribution is -1.47. The third-order valence-corrected chi connectivity index (χ3v) is 0.667. The van der Waals surface area contributed by atoms with Gasteiger partial charge in [0.2, 0.25) is 0 Å². The number of benzene rings is 1. The van der Waals surface area contributed by atoms with Crippen molar-refractivity contribution >= 4 is 0 Å². The lowest BCUT2D eigenvalue weighted by Gasteiger charge is -1.69. The molecule has 0 saturated heterocycles. The molecule has 0 N–H and O–H groups in total. The molecule has 1 rings (SSSR count). The molecular formula is C6H6. The predicted octanol–water partition coefficient (Wildman–Crippen LogP) is 1.69. The Morgan fingerprint density at radius 2 is 0.500 bits per heavy atom. The lowest BCUT2D eigenvalue weighted by atomic mass is 11.4. The molecule has 0 nitrogen and oxygen atoms in total. The summed E-state index contributed by atoms with van der Waals surface area (Å²) in [6, 6.07) is 12.0. The summed E-state index contributed by atoms with van der Waals surface area (Å²) in [7, 11) is 0. The lowest BCUT2D eigenvalue weighted by molar-refractivity contribution is 1.72. The Morgan fingerprint density at radius 1 is 0.333 bits per heavy atom. The van der Waals surface area contributed by atoms with Crippen LogP contribution in [0.25, 0.3) is 0 Å². The van der Waals surface area contributed by atoms with Crippen molar-refractivity contribution in [3.8, 4) is 0 Å². The van der Waals surface area contributed by atoms with Crippen molar-refractivity contribution in [1.82, 2.24) is 0 Å². The van der Waals surface area contributed by atoms with Crippen molar-refractivity contribution in [3.05, 3.63) is 36.4 Å². The molecule has 0 amide bonds. The molecule has 0 saturated carbocycles. The van der Waals surface area contributed by atoms with Gasteiger partial charge in [0.05, 0.1) is 0 Å². The number of hydrogen-bond acceptors (Lipinski definition) is 0. The minimum absolute atomic E-state index is 2.00. The SMILES string of the molecule is [13cH]1[13cH][13cH][13cH][13cH][13cH]1. The molecule has 0 aliphatic carbocycles. The van der Waals surface area contributed by atoms with Crippen LogP contribution in [-0.2, 0) is 0 Å². The largest absolute Gasteiger partial charge is 0.0623 e. The molecule has 30 valence electrons. The summed E-state index contributed by atoms with van der Waals surface area (Å²) in [6.45, 7) is 0. The second-order valence-corrected chi connectivity index (χ2v) is 1.15.